The van der Waals surface area contributed by atoms with E-state index in [-0.39, 0.29) is 23.4 Å². The van der Waals surface area contributed by atoms with Crippen LogP contribution in [0.3, 0.4) is 0 Å². The summed E-state index contributed by atoms with van der Waals surface area (Å²) < 4.78 is 23.7. The second-order valence-electron chi connectivity index (χ2n) is 7.93. The number of Topliss-reactive ketones (excluding diaryl/α,β-unsaturated/α-hetero) is 1. The molecule has 164 valence electrons. The first-order chi connectivity index (χ1) is 15.0. The number of benzene rings is 2. The largest absolute Gasteiger partial charge is 0.493 e. The molecule has 0 N–H and O–H groups in total. The quantitative estimate of drug-likeness (QED) is 0.540. The number of nitrogens with zero attached hydrogens (tertiary/aromatic N) is 2. The first kappa shape index (κ1) is 22.8. The third-order valence-corrected chi connectivity index (χ3v) is 6.02. The Kier molecular flexibility index (Phi) is 8.02. The highest BCUT2D eigenvalue weighted by molar-refractivity contribution is 5.97. The predicted molar refractivity (Wildman–Crippen MR) is 117 cm³/mol. The van der Waals surface area contributed by atoms with Gasteiger partial charge in [0, 0.05) is 11.5 Å². The smallest absolute Gasteiger partial charge is 0.166 e. The Bertz CT molecular complexity index is 915. The van der Waals surface area contributed by atoms with E-state index in [4.69, 9.17) is 9.47 Å². The summed E-state index contributed by atoms with van der Waals surface area (Å²) in [7, 11) is 3.18. The Morgan fingerprint density at radius 2 is 1.81 bits per heavy atom. The van der Waals surface area contributed by atoms with Crippen molar-refractivity contribution in [2.24, 2.45) is 5.92 Å². The standard InChI is InChI=1S/C25H29FN2O3/c1-30-23-10-7-20(16-24(23)31-2)21(17-27)4-3-13-28-14-11-19(12-15-28)25(29)18-5-8-22(26)9-6-18/h5-10,16,19,21H,3-4,11-15H2,1-2H3. The van der Waals surface area contributed by atoms with Crippen molar-refractivity contribution in [2.45, 2.75) is 31.6 Å². The molecule has 6 heteroatoms. The maximum atomic E-state index is 13.1. The Balaban J connectivity index is 1.46. The third-order valence-electron chi connectivity index (χ3n) is 6.02. The summed E-state index contributed by atoms with van der Waals surface area (Å²) in [5, 5.41) is 9.63. The van der Waals surface area contributed by atoms with Crippen LogP contribution in [0, 0.1) is 23.1 Å². The average Bonchev–Trinajstić information content (AvgIpc) is 2.82. The summed E-state index contributed by atoms with van der Waals surface area (Å²) >= 11 is 0. The van der Waals surface area contributed by atoms with Crippen LogP contribution in [0.25, 0.3) is 0 Å². The molecule has 1 saturated heterocycles. The molecule has 2 aromatic rings. The van der Waals surface area contributed by atoms with Gasteiger partial charge in [-0.2, -0.15) is 5.26 Å². The molecule has 0 aromatic heterocycles. The molecule has 1 fully saturated rings. The number of hydrogen-bond acceptors (Lipinski definition) is 5. The maximum Gasteiger partial charge on any atom is 0.166 e. The molecular formula is C25H29FN2O3. The van der Waals surface area contributed by atoms with Crippen LogP contribution >= 0.6 is 0 Å². The number of likely N-dealkylation sites (tertiary alicyclic amines) is 1. The lowest BCUT2D eigenvalue weighted by Crippen LogP contribution is -2.37. The summed E-state index contributed by atoms with van der Waals surface area (Å²) in [5.74, 6) is 0.875. The number of nitriles is 1. The van der Waals surface area contributed by atoms with Gasteiger partial charge in [-0.1, -0.05) is 6.07 Å². The second kappa shape index (κ2) is 10.9. The van der Waals surface area contributed by atoms with Gasteiger partial charge >= 0.3 is 0 Å². The molecule has 0 spiro atoms. The number of ketones is 1. The molecule has 5 nitrogen and oxygen atoms in total. The number of carbonyl (C=O) groups is 1. The van der Waals surface area contributed by atoms with Crippen molar-refractivity contribution in [1.29, 1.82) is 5.26 Å². The fraction of sp³-hybridized carbons (Fsp3) is 0.440. The van der Waals surface area contributed by atoms with Crippen LogP contribution in [0.4, 0.5) is 4.39 Å². The van der Waals surface area contributed by atoms with Gasteiger partial charge in [0.25, 0.3) is 0 Å². The lowest BCUT2D eigenvalue weighted by atomic mass is 9.88. The maximum absolute atomic E-state index is 13.1. The van der Waals surface area contributed by atoms with Gasteiger partial charge in [0.1, 0.15) is 5.82 Å². The van der Waals surface area contributed by atoms with E-state index in [1.807, 2.05) is 18.2 Å². The highest BCUT2D eigenvalue weighted by Gasteiger charge is 2.26. The molecular weight excluding hydrogens is 395 g/mol. The molecule has 1 aliphatic rings. The number of methoxy groups -OCH3 is 2. The average molecular weight is 425 g/mol. The van der Waals surface area contributed by atoms with E-state index >= 15 is 0 Å². The van der Waals surface area contributed by atoms with Gasteiger partial charge < -0.3 is 14.4 Å². The number of rotatable bonds is 9. The minimum absolute atomic E-state index is 0.000308. The lowest BCUT2D eigenvalue weighted by Gasteiger charge is -2.31. The van der Waals surface area contributed by atoms with Crippen molar-refractivity contribution >= 4 is 5.78 Å². The molecule has 0 bridgehead atoms. The Labute approximate surface area is 183 Å². The fourth-order valence-corrected chi connectivity index (χ4v) is 4.16. The molecule has 3 rings (SSSR count). The molecule has 1 heterocycles. The fourth-order valence-electron chi connectivity index (χ4n) is 4.16. The molecule has 1 atom stereocenters. The van der Waals surface area contributed by atoms with Gasteiger partial charge in [-0.15, -0.1) is 0 Å². The van der Waals surface area contributed by atoms with Crippen molar-refractivity contribution in [2.75, 3.05) is 33.9 Å². The summed E-state index contributed by atoms with van der Waals surface area (Å²) in [6.45, 7) is 2.64. The molecule has 0 aliphatic carbocycles. The van der Waals surface area contributed by atoms with Crippen LogP contribution in [0.2, 0.25) is 0 Å². The molecule has 0 amide bonds. The zero-order valence-electron chi connectivity index (χ0n) is 18.1. The predicted octanol–water partition coefficient (Wildman–Crippen LogP) is 4.83. The van der Waals surface area contributed by atoms with E-state index < -0.39 is 0 Å². The van der Waals surface area contributed by atoms with E-state index in [9.17, 15) is 14.4 Å². The van der Waals surface area contributed by atoms with Gasteiger partial charge in [0.15, 0.2) is 17.3 Å². The highest BCUT2D eigenvalue weighted by Crippen LogP contribution is 2.32. The van der Waals surface area contributed by atoms with E-state index in [0.717, 1.165) is 50.9 Å². The first-order valence-electron chi connectivity index (χ1n) is 10.7. The Hall–Kier alpha value is -2.91. The van der Waals surface area contributed by atoms with Crippen LogP contribution in [-0.4, -0.2) is 44.5 Å². The summed E-state index contributed by atoms with van der Waals surface area (Å²) in [6, 6.07) is 13.8. The molecule has 1 unspecified atom stereocenters. The number of ether oxygens (including phenoxy) is 2. The van der Waals surface area contributed by atoms with Crippen LogP contribution in [0.5, 0.6) is 11.5 Å². The first-order valence-corrected chi connectivity index (χ1v) is 10.7. The molecule has 0 radical (unpaired) electrons. The Morgan fingerprint density at radius 1 is 1.13 bits per heavy atom. The summed E-state index contributed by atoms with van der Waals surface area (Å²) in [5.41, 5.74) is 1.52. The summed E-state index contributed by atoms with van der Waals surface area (Å²) in [4.78, 5) is 15.0. The number of hydrogen-bond donors (Lipinski definition) is 0. The van der Waals surface area contributed by atoms with Crippen molar-refractivity contribution in [3.05, 3.63) is 59.4 Å². The van der Waals surface area contributed by atoms with Gasteiger partial charge in [-0.3, -0.25) is 4.79 Å². The lowest BCUT2D eigenvalue weighted by molar-refractivity contribution is 0.0839. The topological polar surface area (TPSA) is 62.6 Å². The second-order valence-corrected chi connectivity index (χ2v) is 7.93. The van der Waals surface area contributed by atoms with Gasteiger partial charge in [-0.05, 0) is 87.3 Å². The number of halogens is 1. The molecule has 1 aliphatic heterocycles. The molecule has 2 aromatic carbocycles. The van der Waals surface area contributed by atoms with E-state index in [0.29, 0.717) is 17.1 Å². The minimum atomic E-state index is -0.324. The minimum Gasteiger partial charge on any atom is -0.493 e. The normalized spacial score (nSPS) is 15.8. The summed E-state index contributed by atoms with van der Waals surface area (Å²) in [6.07, 6.45) is 3.30. The molecule has 31 heavy (non-hydrogen) atoms. The van der Waals surface area contributed by atoms with Crippen molar-refractivity contribution in [3.8, 4) is 17.6 Å². The van der Waals surface area contributed by atoms with Crippen molar-refractivity contribution in [1.82, 2.24) is 4.90 Å². The van der Waals surface area contributed by atoms with Crippen LogP contribution in [0.1, 0.15) is 47.5 Å². The van der Waals surface area contributed by atoms with Gasteiger partial charge in [0.2, 0.25) is 0 Å². The van der Waals surface area contributed by atoms with Gasteiger partial charge in [-0.25, -0.2) is 4.39 Å². The van der Waals surface area contributed by atoms with Crippen LogP contribution in [-0.2, 0) is 0 Å². The SMILES string of the molecule is COc1ccc(C(C#N)CCCN2CCC(C(=O)c3ccc(F)cc3)CC2)cc1OC. The third kappa shape index (κ3) is 5.83. The van der Waals surface area contributed by atoms with Crippen molar-refractivity contribution in [3.63, 3.8) is 0 Å². The highest BCUT2D eigenvalue weighted by atomic mass is 19.1. The Morgan fingerprint density at radius 3 is 2.42 bits per heavy atom. The number of carbonyl (C=O) groups excluding carboxylic acids is 1. The van der Waals surface area contributed by atoms with Crippen molar-refractivity contribution < 1.29 is 18.7 Å². The zero-order valence-corrected chi connectivity index (χ0v) is 18.1. The van der Waals surface area contributed by atoms with E-state index in [1.165, 1.54) is 12.1 Å². The van der Waals surface area contributed by atoms with Gasteiger partial charge in [0.05, 0.1) is 26.2 Å². The monoisotopic (exact) mass is 424 g/mol. The van der Waals surface area contributed by atoms with Crippen LogP contribution < -0.4 is 9.47 Å². The van der Waals surface area contributed by atoms with E-state index in [2.05, 4.69) is 11.0 Å². The number of piperidine rings is 1. The van der Waals surface area contributed by atoms with E-state index in [1.54, 1.807) is 26.4 Å². The molecule has 0 saturated carbocycles. The zero-order chi connectivity index (χ0) is 22.2. The van der Waals surface area contributed by atoms with Crippen LogP contribution in [0.15, 0.2) is 42.5 Å².